The van der Waals surface area contributed by atoms with Gasteiger partial charge in [-0.2, -0.15) is 0 Å². The molecule has 1 aromatic carbocycles. The molecule has 0 atom stereocenters. The highest BCUT2D eigenvalue weighted by Crippen LogP contribution is 2.26. The van der Waals surface area contributed by atoms with Crippen LogP contribution in [0.3, 0.4) is 0 Å². The molecule has 0 bridgehead atoms. The Bertz CT molecular complexity index is 1170. The molecule has 1 N–H and O–H groups in total. The van der Waals surface area contributed by atoms with Crippen molar-refractivity contribution in [3.63, 3.8) is 0 Å². The van der Waals surface area contributed by atoms with Crippen molar-refractivity contribution in [1.82, 2.24) is 19.4 Å². The quantitative estimate of drug-likeness (QED) is 0.676. The largest absolute Gasteiger partial charge is 0.481 e. The zero-order chi connectivity index (χ0) is 22.0. The highest BCUT2D eigenvalue weighted by atomic mass is 16.5. The average molecular weight is 422 g/mol. The van der Waals surface area contributed by atoms with Gasteiger partial charge in [-0.3, -0.25) is 14.2 Å². The minimum absolute atomic E-state index is 0.124. The van der Waals surface area contributed by atoms with Crippen LogP contribution in [0.4, 0.5) is 0 Å². The molecule has 0 aliphatic carbocycles. The Balaban J connectivity index is 1.52. The molecule has 3 aromatic rings. The lowest BCUT2D eigenvalue weighted by atomic mass is 9.90. The van der Waals surface area contributed by atoms with E-state index in [1.54, 1.807) is 27.7 Å². The molecule has 2 aromatic heterocycles. The zero-order valence-corrected chi connectivity index (χ0v) is 17.7. The molecule has 1 amide bonds. The number of hydrogen-bond donors (Lipinski definition) is 1. The number of para-hydroxylation sites is 1. The molecule has 1 aliphatic heterocycles. The highest BCUT2D eigenvalue weighted by Gasteiger charge is 2.35. The normalized spacial score (nSPS) is 15.8. The lowest BCUT2D eigenvalue weighted by Gasteiger charge is -2.38. The Morgan fingerprint density at radius 1 is 1.23 bits per heavy atom. The summed E-state index contributed by atoms with van der Waals surface area (Å²) in [6, 6.07) is 10.5. The Morgan fingerprint density at radius 3 is 2.68 bits per heavy atom. The maximum atomic E-state index is 13.1. The second kappa shape index (κ2) is 8.47. The van der Waals surface area contributed by atoms with E-state index in [0.717, 1.165) is 0 Å². The summed E-state index contributed by atoms with van der Waals surface area (Å²) in [5.74, 6) is 0.913. The molecule has 4 rings (SSSR count). The SMILES string of the molecule is CCc1nc2ccccc2c(=O)n1CC1(O)CCN(C(=O)c2ccnc(OC)c2)CC1. The Hall–Kier alpha value is -3.26. The number of aliphatic hydroxyl groups is 1. The lowest BCUT2D eigenvalue weighted by molar-refractivity contribution is -0.0304. The molecule has 3 heterocycles. The highest BCUT2D eigenvalue weighted by molar-refractivity contribution is 5.94. The maximum Gasteiger partial charge on any atom is 0.261 e. The number of pyridine rings is 1. The van der Waals surface area contributed by atoms with Gasteiger partial charge in [0.2, 0.25) is 5.88 Å². The summed E-state index contributed by atoms with van der Waals surface area (Å²) in [6.07, 6.45) is 2.88. The molecule has 162 valence electrons. The number of hydrogen-bond acceptors (Lipinski definition) is 6. The molecular formula is C23H26N4O4. The second-order valence-electron chi connectivity index (χ2n) is 7.89. The lowest BCUT2D eigenvalue weighted by Crippen LogP contribution is -2.50. The number of carbonyl (C=O) groups is 1. The van der Waals surface area contributed by atoms with Gasteiger partial charge in [0, 0.05) is 37.3 Å². The van der Waals surface area contributed by atoms with Gasteiger partial charge in [-0.05, 0) is 31.0 Å². The van der Waals surface area contributed by atoms with Crippen LogP contribution in [-0.2, 0) is 13.0 Å². The second-order valence-corrected chi connectivity index (χ2v) is 7.89. The molecule has 8 nitrogen and oxygen atoms in total. The first-order valence-electron chi connectivity index (χ1n) is 10.4. The predicted octanol–water partition coefficient (Wildman–Crippen LogP) is 2.03. The van der Waals surface area contributed by atoms with Gasteiger partial charge < -0.3 is 14.7 Å². The van der Waals surface area contributed by atoms with Crippen molar-refractivity contribution >= 4 is 16.8 Å². The molecule has 1 fully saturated rings. The minimum Gasteiger partial charge on any atom is -0.481 e. The first kappa shape index (κ1) is 21.0. The third kappa shape index (κ3) is 4.16. The summed E-state index contributed by atoms with van der Waals surface area (Å²) in [7, 11) is 1.51. The van der Waals surface area contributed by atoms with Gasteiger partial charge in [-0.1, -0.05) is 19.1 Å². The first-order valence-corrected chi connectivity index (χ1v) is 10.4. The number of piperidine rings is 1. The summed E-state index contributed by atoms with van der Waals surface area (Å²) in [6.45, 7) is 2.91. The summed E-state index contributed by atoms with van der Waals surface area (Å²) in [4.78, 5) is 36.3. The number of benzene rings is 1. The molecule has 0 radical (unpaired) electrons. The van der Waals surface area contributed by atoms with Gasteiger partial charge in [0.15, 0.2) is 0 Å². The topological polar surface area (TPSA) is 97.6 Å². The fraction of sp³-hybridized carbons (Fsp3) is 0.391. The van der Waals surface area contributed by atoms with Gasteiger partial charge in [0.05, 0.1) is 30.2 Å². The van der Waals surface area contributed by atoms with Crippen LogP contribution in [0.15, 0.2) is 47.4 Å². The van der Waals surface area contributed by atoms with Crippen molar-refractivity contribution in [2.75, 3.05) is 20.2 Å². The number of aromatic nitrogens is 3. The number of carbonyl (C=O) groups excluding carboxylic acids is 1. The smallest absolute Gasteiger partial charge is 0.261 e. The number of amides is 1. The van der Waals surface area contributed by atoms with Crippen molar-refractivity contribution in [3.8, 4) is 5.88 Å². The van der Waals surface area contributed by atoms with E-state index < -0.39 is 5.60 Å². The Labute approximate surface area is 180 Å². The molecule has 1 saturated heterocycles. The summed E-state index contributed by atoms with van der Waals surface area (Å²) in [5.41, 5.74) is -0.0514. The number of likely N-dealkylation sites (tertiary alicyclic amines) is 1. The third-order valence-electron chi connectivity index (χ3n) is 5.88. The average Bonchev–Trinajstić information content (AvgIpc) is 2.81. The van der Waals surface area contributed by atoms with Crippen LogP contribution in [0.5, 0.6) is 5.88 Å². The van der Waals surface area contributed by atoms with Gasteiger partial charge in [-0.15, -0.1) is 0 Å². The first-order chi connectivity index (χ1) is 14.9. The molecule has 1 aliphatic rings. The van der Waals surface area contributed by atoms with Crippen LogP contribution in [0, 0.1) is 0 Å². The summed E-state index contributed by atoms with van der Waals surface area (Å²) >= 11 is 0. The fourth-order valence-corrected chi connectivity index (χ4v) is 4.06. The van der Waals surface area contributed by atoms with Gasteiger partial charge in [0.1, 0.15) is 5.82 Å². The summed E-state index contributed by atoms with van der Waals surface area (Å²) in [5, 5.41) is 11.8. The maximum absolute atomic E-state index is 13.1. The number of nitrogens with zero attached hydrogens (tertiary/aromatic N) is 4. The van der Waals surface area contributed by atoms with E-state index in [1.165, 1.54) is 13.3 Å². The van der Waals surface area contributed by atoms with Gasteiger partial charge in [-0.25, -0.2) is 9.97 Å². The zero-order valence-electron chi connectivity index (χ0n) is 17.7. The molecule has 0 unspecified atom stereocenters. The van der Waals surface area contributed by atoms with Crippen molar-refractivity contribution in [1.29, 1.82) is 0 Å². The fourth-order valence-electron chi connectivity index (χ4n) is 4.06. The van der Waals surface area contributed by atoms with Crippen LogP contribution in [-0.4, -0.2) is 56.2 Å². The van der Waals surface area contributed by atoms with E-state index in [-0.39, 0.29) is 18.0 Å². The molecular weight excluding hydrogens is 396 g/mol. The number of ether oxygens (including phenoxy) is 1. The minimum atomic E-state index is -1.08. The monoisotopic (exact) mass is 422 g/mol. The standard InChI is InChI=1S/C23H26N4O4/c1-3-19-25-18-7-5-4-6-17(18)22(29)27(19)15-23(30)9-12-26(13-10-23)21(28)16-8-11-24-20(14-16)31-2/h4-8,11,14,30H,3,9-10,12-13,15H2,1-2H3. The summed E-state index contributed by atoms with van der Waals surface area (Å²) < 4.78 is 6.69. The van der Waals surface area contributed by atoms with Crippen molar-refractivity contribution < 1.29 is 14.6 Å². The van der Waals surface area contributed by atoms with Crippen LogP contribution >= 0.6 is 0 Å². The number of rotatable bonds is 5. The molecule has 0 spiro atoms. The van der Waals surface area contributed by atoms with E-state index in [2.05, 4.69) is 9.97 Å². The molecule has 31 heavy (non-hydrogen) atoms. The Kier molecular flexibility index (Phi) is 5.73. The molecule has 8 heteroatoms. The Morgan fingerprint density at radius 2 is 1.97 bits per heavy atom. The van der Waals surface area contributed by atoms with Crippen molar-refractivity contribution in [2.45, 2.75) is 38.3 Å². The number of fused-ring (bicyclic) bond motifs is 1. The van der Waals surface area contributed by atoms with Crippen LogP contribution in [0.25, 0.3) is 10.9 Å². The van der Waals surface area contributed by atoms with Gasteiger partial charge >= 0.3 is 0 Å². The van der Waals surface area contributed by atoms with E-state index in [0.29, 0.717) is 60.5 Å². The third-order valence-corrected chi connectivity index (χ3v) is 5.88. The van der Waals surface area contributed by atoms with E-state index in [1.807, 2.05) is 25.1 Å². The van der Waals surface area contributed by atoms with E-state index in [9.17, 15) is 14.7 Å². The van der Waals surface area contributed by atoms with Gasteiger partial charge in [0.25, 0.3) is 11.5 Å². The number of methoxy groups -OCH3 is 1. The van der Waals surface area contributed by atoms with Crippen LogP contribution in [0.2, 0.25) is 0 Å². The molecule has 0 saturated carbocycles. The van der Waals surface area contributed by atoms with Crippen LogP contribution in [0.1, 0.15) is 35.9 Å². The van der Waals surface area contributed by atoms with E-state index in [4.69, 9.17) is 4.74 Å². The van der Waals surface area contributed by atoms with E-state index >= 15 is 0 Å². The van der Waals surface area contributed by atoms with Crippen molar-refractivity contribution in [2.24, 2.45) is 0 Å². The van der Waals surface area contributed by atoms with Crippen LogP contribution < -0.4 is 10.3 Å². The van der Waals surface area contributed by atoms with Crippen molar-refractivity contribution in [3.05, 3.63) is 64.3 Å². The number of aryl methyl sites for hydroxylation is 1. The predicted molar refractivity (Wildman–Crippen MR) is 116 cm³/mol.